The van der Waals surface area contributed by atoms with Crippen LogP contribution in [-0.4, -0.2) is 21.5 Å². The van der Waals surface area contributed by atoms with E-state index in [2.05, 4.69) is 31.9 Å². The van der Waals surface area contributed by atoms with E-state index < -0.39 is 10.8 Å². The van der Waals surface area contributed by atoms with Crippen LogP contribution in [-0.2, 0) is 10.8 Å². The molecule has 1 unspecified atom stereocenters. The average Bonchev–Trinajstić information content (AvgIpc) is 2.43. The van der Waals surface area contributed by atoms with Gasteiger partial charge in [0.15, 0.2) is 5.78 Å². The minimum atomic E-state index is -1.06. The van der Waals surface area contributed by atoms with Crippen LogP contribution in [0.2, 0.25) is 0 Å². The van der Waals surface area contributed by atoms with Gasteiger partial charge in [-0.25, -0.2) is 0 Å². The Morgan fingerprint density at radius 3 is 2.56 bits per heavy atom. The summed E-state index contributed by atoms with van der Waals surface area (Å²) in [6.07, 6.45) is 0. The molecular formula is C10H12Br2O2S2. The molecule has 0 aliphatic rings. The van der Waals surface area contributed by atoms with Crippen molar-refractivity contribution in [2.45, 2.75) is 13.8 Å². The molecule has 90 valence electrons. The van der Waals surface area contributed by atoms with E-state index in [9.17, 15) is 9.00 Å². The molecular weight excluding hydrogens is 376 g/mol. The minimum absolute atomic E-state index is 0.0622. The summed E-state index contributed by atoms with van der Waals surface area (Å²) < 4.78 is 13.3. The second-order valence-corrected chi connectivity index (χ2v) is 9.06. The number of carbonyl (C=O) groups is 1. The number of rotatable bonds is 5. The smallest absolute Gasteiger partial charge is 0.177 e. The van der Waals surface area contributed by atoms with Gasteiger partial charge < -0.3 is 0 Å². The lowest BCUT2D eigenvalue weighted by Crippen LogP contribution is -2.15. The van der Waals surface area contributed by atoms with Crippen LogP contribution in [0.3, 0.4) is 0 Å². The maximum absolute atomic E-state index is 11.8. The van der Waals surface area contributed by atoms with Crippen LogP contribution >= 0.6 is 43.2 Å². The van der Waals surface area contributed by atoms with Gasteiger partial charge in [-0.3, -0.25) is 9.00 Å². The van der Waals surface area contributed by atoms with Gasteiger partial charge in [0.05, 0.1) is 13.3 Å². The lowest BCUT2D eigenvalue weighted by molar-refractivity contribution is 0.102. The fourth-order valence-corrected chi connectivity index (χ4v) is 5.35. The largest absolute Gasteiger partial charge is 0.293 e. The normalized spacial score (nSPS) is 13.1. The van der Waals surface area contributed by atoms with E-state index in [4.69, 9.17) is 0 Å². The van der Waals surface area contributed by atoms with Crippen LogP contribution in [0.15, 0.2) is 13.6 Å². The van der Waals surface area contributed by atoms with Crippen molar-refractivity contribution in [1.82, 2.24) is 0 Å². The molecule has 0 spiro atoms. The van der Waals surface area contributed by atoms with Gasteiger partial charge in [0.2, 0.25) is 0 Å². The van der Waals surface area contributed by atoms with E-state index in [-0.39, 0.29) is 11.5 Å². The molecule has 6 heteroatoms. The maximum Gasteiger partial charge on any atom is 0.177 e. The van der Waals surface area contributed by atoms with E-state index in [0.717, 1.165) is 7.57 Å². The summed E-state index contributed by atoms with van der Waals surface area (Å²) >= 11 is 8.10. The number of hydrogen-bond acceptors (Lipinski definition) is 3. The summed E-state index contributed by atoms with van der Waals surface area (Å²) in [7, 11) is -1.06. The Morgan fingerprint density at radius 1 is 1.50 bits per heavy atom. The Kier molecular flexibility index (Phi) is 5.84. The number of Topliss-reactive ketones (excluding diaryl/α,β-unsaturated/α-hetero) is 1. The molecule has 0 saturated carbocycles. The zero-order valence-electron chi connectivity index (χ0n) is 8.96. The summed E-state index contributed by atoms with van der Waals surface area (Å²) in [5.41, 5.74) is 0.619. The molecule has 0 radical (unpaired) electrons. The molecule has 0 amide bonds. The molecule has 16 heavy (non-hydrogen) atoms. The van der Waals surface area contributed by atoms with E-state index in [1.807, 2.05) is 13.8 Å². The molecule has 1 heterocycles. The number of ketones is 1. The molecule has 1 aromatic rings. The van der Waals surface area contributed by atoms with Crippen molar-refractivity contribution in [2.24, 2.45) is 5.92 Å². The predicted octanol–water partition coefficient (Wildman–Crippen LogP) is 3.86. The van der Waals surface area contributed by atoms with Gasteiger partial charge in [-0.1, -0.05) is 13.8 Å². The van der Waals surface area contributed by atoms with Gasteiger partial charge in [0.1, 0.15) is 0 Å². The highest BCUT2D eigenvalue weighted by Gasteiger charge is 2.16. The second-order valence-electron chi connectivity index (χ2n) is 3.81. The molecule has 0 aliphatic carbocycles. The summed E-state index contributed by atoms with van der Waals surface area (Å²) in [5, 5.41) is 0. The number of hydrogen-bond donors (Lipinski definition) is 0. The summed E-state index contributed by atoms with van der Waals surface area (Å²) in [4.78, 5) is 11.8. The molecule has 1 atom stereocenters. The van der Waals surface area contributed by atoms with Gasteiger partial charge in [0.25, 0.3) is 0 Å². The standard InChI is InChI=1S/C10H12Br2O2S2/c1-6(2)4-16(14)5-8(13)7-3-9(11)15-10(7)12/h3,6H,4-5H2,1-2H3. The number of thiophene rings is 1. The third-order valence-corrected chi connectivity index (χ3v) is 5.73. The zero-order chi connectivity index (χ0) is 12.3. The van der Waals surface area contributed by atoms with Crippen molar-refractivity contribution in [1.29, 1.82) is 0 Å². The van der Waals surface area contributed by atoms with Gasteiger partial charge in [-0.15, -0.1) is 11.3 Å². The fourth-order valence-electron chi connectivity index (χ4n) is 1.19. The van der Waals surface area contributed by atoms with Crippen molar-refractivity contribution in [2.75, 3.05) is 11.5 Å². The van der Waals surface area contributed by atoms with E-state index in [1.165, 1.54) is 11.3 Å². The monoisotopic (exact) mass is 386 g/mol. The molecule has 0 aromatic carbocycles. The Hall–Kier alpha value is 0.480. The van der Waals surface area contributed by atoms with Crippen molar-refractivity contribution >= 4 is 59.8 Å². The van der Waals surface area contributed by atoms with E-state index in [0.29, 0.717) is 17.2 Å². The average molecular weight is 388 g/mol. The van der Waals surface area contributed by atoms with Gasteiger partial charge in [-0.2, -0.15) is 0 Å². The first kappa shape index (κ1) is 14.5. The highest BCUT2D eigenvalue weighted by atomic mass is 79.9. The topological polar surface area (TPSA) is 34.1 Å². The van der Waals surface area contributed by atoms with Crippen LogP contribution in [0.5, 0.6) is 0 Å². The Balaban J connectivity index is 2.66. The molecule has 0 aliphatic heterocycles. The molecule has 0 N–H and O–H groups in total. The maximum atomic E-state index is 11.8. The molecule has 1 rings (SSSR count). The lowest BCUT2D eigenvalue weighted by atomic mass is 10.2. The first-order valence-corrected chi connectivity index (χ1v) is 8.62. The quantitative estimate of drug-likeness (QED) is 0.718. The second kappa shape index (κ2) is 6.42. The third kappa shape index (κ3) is 4.39. The Labute approximate surface area is 119 Å². The molecule has 0 bridgehead atoms. The van der Waals surface area contributed by atoms with Crippen molar-refractivity contribution < 1.29 is 9.00 Å². The fraction of sp³-hybridized carbons (Fsp3) is 0.500. The molecule has 0 fully saturated rings. The minimum Gasteiger partial charge on any atom is -0.293 e. The molecule has 1 aromatic heterocycles. The predicted molar refractivity (Wildman–Crippen MR) is 76.8 cm³/mol. The highest BCUT2D eigenvalue weighted by molar-refractivity contribution is 9.12. The van der Waals surface area contributed by atoms with Gasteiger partial charge in [0, 0.05) is 22.1 Å². The Morgan fingerprint density at radius 2 is 2.12 bits per heavy atom. The van der Waals surface area contributed by atoms with Crippen molar-refractivity contribution in [3.8, 4) is 0 Å². The van der Waals surface area contributed by atoms with E-state index in [1.54, 1.807) is 6.07 Å². The van der Waals surface area contributed by atoms with Gasteiger partial charge >= 0.3 is 0 Å². The van der Waals surface area contributed by atoms with E-state index >= 15 is 0 Å². The van der Waals surface area contributed by atoms with Crippen LogP contribution in [0.4, 0.5) is 0 Å². The SMILES string of the molecule is CC(C)CS(=O)CC(=O)c1cc(Br)sc1Br. The first-order valence-electron chi connectivity index (χ1n) is 4.73. The van der Waals surface area contributed by atoms with Crippen molar-refractivity contribution in [3.05, 3.63) is 19.2 Å². The van der Waals surface area contributed by atoms with Crippen LogP contribution in [0, 0.1) is 5.92 Å². The summed E-state index contributed by atoms with van der Waals surface area (Å²) in [6, 6.07) is 1.77. The Bertz CT molecular complexity index is 413. The van der Waals surface area contributed by atoms with Crippen molar-refractivity contribution in [3.63, 3.8) is 0 Å². The first-order chi connectivity index (χ1) is 7.40. The highest BCUT2D eigenvalue weighted by Crippen LogP contribution is 2.32. The van der Waals surface area contributed by atoms with Crippen LogP contribution < -0.4 is 0 Å². The molecule has 2 nitrogen and oxygen atoms in total. The third-order valence-electron chi connectivity index (χ3n) is 1.77. The van der Waals surface area contributed by atoms with Crippen LogP contribution in [0.1, 0.15) is 24.2 Å². The van der Waals surface area contributed by atoms with Gasteiger partial charge in [-0.05, 0) is 43.8 Å². The molecule has 0 saturated heterocycles. The lowest BCUT2D eigenvalue weighted by Gasteiger charge is -2.03. The summed E-state index contributed by atoms with van der Waals surface area (Å²) in [5.74, 6) is 0.980. The zero-order valence-corrected chi connectivity index (χ0v) is 13.8. The number of halogens is 2. The van der Waals surface area contributed by atoms with Crippen LogP contribution in [0.25, 0.3) is 0 Å². The number of carbonyl (C=O) groups excluding carboxylic acids is 1. The summed E-state index contributed by atoms with van der Waals surface area (Å²) in [6.45, 7) is 4.00.